The SMILES string of the molecule is Cc1csc(C(C)NCc2ccc(C)c(F)c2)n1. The van der Waals surface area contributed by atoms with Crippen LogP contribution in [0.1, 0.15) is 34.8 Å². The van der Waals surface area contributed by atoms with E-state index in [0.717, 1.165) is 16.3 Å². The summed E-state index contributed by atoms with van der Waals surface area (Å²) in [4.78, 5) is 4.44. The van der Waals surface area contributed by atoms with Crippen molar-refractivity contribution in [2.45, 2.75) is 33.4 Å². The second kappa shape index (κ2) is 5.59. The van der Waals surface area contributed by atoms with E-state index in [1.807, 2.05) is 24.4 Å². The Labute approximate surface area is 111 Å². The smallest absolute Gasteiger partial charge is 0.126 e. The van der Waals surface area contributed by atoms with E-state index in [-0.39, 0.29) is 11.9 Å². The lowest BCUT2D eigenvalue weighted by molar-refractivity contribution is 0.565. The molecule has 2 nitrogen and oxygen atoms in total. The zero-order chi connectivity index (χ0) is 13.1. The van der Waals surface area contributed by atoms with Crippen LogP contribution in [0.3, 0.4) is 0 Å². The molecule has 18 heavy (non-hydrogen) atoms. The molecule has 1 aromatic heterocycles. The number of hydrogen-bond acceptors (Lipinski definition) is 3. The van der Waals surface area contributed by atoms with Gasteiger partial charge in [0.1, 0.15) is 10.8 Å². The van der Waals surface area contributed by atoms with Crippen LogP contribution in [0.15, 0.2) is 23.6 Å². The molecule has 0 saturated heterocycles. The van der Waals surface area contributed by atoms with Crippen LogP contribution >= 0.6 is 11.3 Å². The average molecular weight is 264 g/mol. The van der Waals surface area contributed by atoms with E-state index in [4.69, 9.17) is 0 Å². The fraction of sp³-hybridized carbons (Fsp3) is 0.357. The lowest BCUT2D eigenvalue weighted by Crippen LogP contribution is -2.18. The molecule has 1 N–H and O–H groups in total. The van der Waals surface area contributed by atoms with Gasteiger partial charge in [0.25, 0.3) is 0 Å². The second-order valence-electron chi connectivity index (χ2n) is 4.51. The number of aromatic nitrogens is 1. The minimum Gasteiger partial charge on any atom is -0.304 e. The third-order valence-electron chi connectivity index (χ3n) is 2.86. The molecule has 96 valence electrons. The topological polar surface area (TPSA) is 24.9 Å². The Morgan fingerprint density at radius 1 is 1.39 bits per heavy atom. The van der Waals surface area contributed by atoms with Crippen molar-refractivity contribution in [2.75, 3.05) is 0 Å². The summed E-state index contributed by atoms with van der Waals surface area (Å²) < 4.78 is 13.4. The van der Waals surface area contributed by atoms with Gasteiger partial charge in [-0.2, -0.15) is 0 Å². The fourth-order valence-electron chi connectivity index (χ4n) is 1.68. The van der Waals surface area contributed by atoms with E-state index in [2.05, 4.69) is 17.2 Å². The highest BCUT2D eigenvalue weighted by molar-refractivity contribution is 7.09. The highest BCUT2D eigenvalue weighted by atomic mass is 32.1. The molecule has 1 heterocycles. The van der Waals surface area contributed by atoms with Gasteiger partial charge in [-0.05, 0) is 38.0 Å². The summed E-state index contributed by atoms with van der Waals surface area (Å²) in [6.45, 7) is 6.48. The van der Waals surface area contributed by atoms with Crippen molar-refractivity contribution in [3.05, 3.63) is 51.2 Å². The summed E-state index contributed by atoms with van der Waals surface area (Å²) in [6, 6.07) is 5.53. The van der Waals surface area contributed by atoms with Crippen LogP contribution < -0.4 is 5.32 Å². The average Bonchev–Trinajstić information content (AvgIpc) is 2.77. The van der Waals surface area contributed by atoms with E-state index in [0.29, 0.717) is 12.1 Å². The second-order valence-corrected chi connectivity index (χ2v) is 5.40. The predicted molar refractivity (Wildman–Crippen MR) is 73.2 cm³/mol. The fourth-order valence-corrected chi connectivity index (χ4v) is 2.50. The summed E-state index contributed by atoms with van der Waals surface area (Å²) in [7, 11) is 0. The Bertz CT molecular complexity index is 536. The largest absolute Gasteiger partial charge is 0.304 e. The molecule has 0 aliphatic carbocycles. The number of nitrogens with zero attached hydrogens (tertiary/aromatic N) is 1. The molecule has 0 aliphatic rings. The number of aryl methyl sites for hydroxylation is 2. The maximum Gasteiger partial charge on any atom is 0.126 e. The summed E-state index contributed by atoms with van der Waals surface area (Å²) >= 11 is 1.65. The highest BCUT2D eigenvalue weighted by Gasteiger charge is 2.09. The molecular weight excluding hydrogens is 247 g/mol. The van der Waals surface area contributed by atoms with E-state index in [1.54, 1.807) is 24.3 Å². The van der Waals surface area contributed by atoms with Gasteiger partial charge in [0, 0.05) is 17.6 Å². The molecule has 1 aromatic carbocycles. The zero-order valence-corrected chi connectivity index (χ0v) is 11.6. The third kappa shape index (κ3) is 3.15. The Kier molecular flexibility index (Phi) is 4.09. The van der Waals surface area contributed by atoms with Crippen molar-refractivity contribution >= 4 is 11.3 Å². The number of hydrogen-bond donors (Lipinski definition) is 1. The molecule has 0 spiro atoms. The Balaban J connectivity index is 1.97. The summed E-state index contributed by atoms with van der Waals surface area (Å²) in [5.74, 6) is -0.146. The first-order valence-electron chi connectivity index (χ1n) is 5.96. The van der Waals surface area contributed by atoms with Crippen LogP contribution in [0, 0.1) is 19.7 Å². The highest BCUT2D eigenvalue weighted by Crippen LogP contribution is 2.18. The maximum absolute atomic E-state index is 13.4. The van der Waals surface area contributed by atoms with Gasteiger partial charge in [-0.15, -0.1) is 11.3 Å². The third-order valence-corrected chi connectivity index (χ3v) is 4.00. The Morgan fingerprint density at radius 2 is 2.17 bits per heavy atom. The quantitative estimate of drug-likeness (QED) is 0.909. The van der Waals surface area contributed by atoms with Crippen LogP contribution in [-0.2, 0) is 6.54 Å². The van der Waals surface area contributed by atoms with Crippen molar-refractivity contribution in [3.8, 4) is 0 Å². The van der Waals surface area contributed by atoms with E-state index in [9.17, 15) is 4.39 Å². The van der Waals surface area contributed by atoms with Gasteiger partial charge in [0.05, 0.1) is 6.04 Å². The Hall–Kier alpha value is -1.26. The lowest BCUT2D eigenvalue weighted by Gasteiger charge is -2.11. The van der Waals surface area contributed by atoms with Gasteiger partial charge in [-0.25, -0.2) is 9.37 Å². The van der Waals surface area contributed by atoms with Crippen LogP contribution in [0.5, 0.6) is 0 Å². The van der Waals surface area contributed by atoms with Crippen molar-refractivity contribution in [1.29, 1.82) is 0 Å². The number of halogens is 1. The normalized spacial score (nSPS) is 12.7. The first-order chi connectivity index (χ1) is 8.56. The maximum atomic E-state index is 13.4. The summed E-state index contributed by atoms with van der Waals surface area (Å²) in [5, 5.41) is 6.47. The molecule has 1 atom stereocenters. The molecule has 0 bridgehead atoms. The van der Waals surface area contributed by atoms with Gasteiger partial charge in [0.15, 0.2) is 0 Å². The number of thiazole rings is 1. The van der Waals surface area contributed by atoms with Gasteiger partial charge < -0.3 is 5.32 Å². The lowest BCUT2D eigenvalue weighted by atomic mass is 10.1. The molecule has 1 unspecified atom stereocenters. The van der Waals surface area contributed by atoms with E-state index in [1.165, 1.54) is 0 Å². The molecule has 0 saturated carbocycles. The van der Waals surface area contributed by atoms with E-state index >= 15 is 0 Å². The van der Waals surface area contributed by atoms with Crippen LogP contribution in [0.4, 0.5) is 4.39 Å². The molecule has 0 radical (unpaired) electrons. The van der Waals surface area contributed by atoms with Gasteiger partial charge in [-0.3, -0.25) is 0 Å². The number of nitrogens with one attached hydrogen (secondary N) is 1. The Morgan fingerprint density at radius 3 is 2.78 bits per heavy atom. The summed E-state index contributed by atoms with van der Waals surface area (Å²) in [6.07, 6.45) is 0. The van der Waals surface area contributed by atoms with Crippen LogP contribution in [-0.4, -0.2) is 4.98 Å². The van der Waals surface area contributed by atoms with Crippen LogP contribution in [0.25, 0.3) is 0 Å². The van der Waals surface area contributed by atoms with Crippen molar-refractivity contribution in [1.82, 2.24) is 10.3 Å². The van der Waals surface area contributed by atoms with Crippen molar-refractivity contribution < 1.29 is 4.39 Å². The number of rotatable bonds is 4. The first kappa shape index (κ1) is 13.2. The van der Waals surface area contributed by atoms with Gasteiger partial charge >= 0.3 is 0 Å². The molecule has 2 rings (SSSR count). The molecule has 0 fully saturated rings. The molecular formula is C14H17FN2S. The molecule has 0 amide bonds. The van der Waals surface area contributed by atoms with Crippen molar-refractivity contribution in [3.63, 3.8) is 0 Å². The van der Waals surface area contributed by atoms with Gasteiger partial charge in [-0.1, -0.05) is 12.1 Å². The first-order valence-corrected chi connectivity index (χ1v) is 6.84. The summed E-state index contributed by atoms with van der Waals surface area (Å²) in [5.41, 5.74) is 2.69. The molecule has 2 aromatic rings. The van der Waals surface area contributed by atoms with Crippen LogP contribution in [0.2, 0.25) is 0 Å². The number of benzene rings is 1. The zero-order valence-electron chi connectivity index (χ0n) is 10.8. The molecule has 4 heteroatoms. The van der Waals surface area contributed by atoms with Crippen molar-refractivity contribution in [2.24, 2.45) is 0 Å². The standard InChI is InChI=1S/C14H17FN2S/c1-9-4-5-12(6-13(9)15)7-16-11(3)14-17-10(2)8-18-14/h4-6,8,11,16H,7H2,1-3H3. The van der Waals surface area contributed by atoms with E-state index < -0.39 is 0 Å². The monoisotopic (exact) mass is 264 g/mol. The minimum atomic E-state index is -0.146. The van der Waals surface area contributed by atoms with Gasteiger partial charge in [0.2, 0.25) is 0 Å². The predicted octanol–water partition coefficient (Wildman–Crippen LogP) is 3.75. The minimum absolute atomic E-state index is 0.146. The molecule has 0 aliphatic heterocycles.